The molecule has 0 unspecified atom stereocenters. The minimum Gasteiger partial charge on any atom is -0.393 e. The molecule has 1 aliphatic rings. The lowest BCUT2D eigenvalue weighted by molar-refractivity contribution is 0.0836. The summed E-state index contributed by atoms with van der Waals surface area (Å²) in [5, 5.41) is 13.0. The molecule has 34 heavy (non-hydrogen) atoms. The second-order valence-electron chi connectivity index (χ2n) is 10.9. The molecule has 0 bridgehead atoms. The van der Waals surface area contributed by atoms with Crippen molar-refractivity contribution in [3.8, 4) is 0 Å². The van der Waals surface area contributed by atoms with Crippen molar-refractivity contribution in [3.63, 3.8) is 0 Å². The van der Waals surface area contributed by atoms with Gasteiger partial charge in [0.15, 0.2) is 0 Å². The van der Waals surface area contributed by atoms with Gasteiger partial charge in [0.05, 0.1) is 11.1 Å². The first kappa shape index (κ1) is 31.8. The number of likely N-dealkylation sites (tertiary alicyclic amines) is 1. The quantitative estimate of drug-likeness (QED) is 0.104. The number of thiocarbonyl (C=S) groups is 1. The van der Waals surface area contributed by atoms with Crippen LogP contribution < -0.4 is 5.32 Å². The summed E-state index contributed by atoms with van der Waals surface area (Å²) in [6.07, 6.45) is 31.4. The molecule has 1 heterocycles. The summed E-state index contributed by atoms with van der Waals surface area (Å²) in [4.78, 5) is 3.47. The first-order chi connectivity index (χ1) is 16.7. The Bertz CT molecular complexity index is 438. The molecule has 0 amide bonds. The molecule has 2 N–H and O–H groups in total. The van der Waals surface area contributed by atoms with Gasteiger partial charge < -0.3 is 15.3 Å². The summed E-state index contributed by atoms with van der Waals surface area (Å²) in [6, 6.07) is 0. The van der Waals surface area contributed by atoms with Crippen molar-refractivity contribution in [2.24, 2.45) is 0 Å². The van der Waals surface area contributed by atoms with Gasteiger partial charge >= 0.3 is 0 Å². The summed E-state index contributed by atoms with van der Waals surface area (Å²) in [6.45, 7) is 6.34. The number of piperidine rings is 1. The number of rotatable bonds is 24. The third-order valence-electron chi connectivity index (χ3n) is 7.56. The average molecular weight is 497 g/mol. The van der Waals surface area contributed by atoms with E-state index in [2.05, 4.69) is 17.1 Å². The Morgan fingerprint density at radius 3 is 1.47 bits per heavy atom. The van der Waals surface area contributed by atoms with Crippen molar-refractivity contribution in [2.75, 3.05) is 26.2 Å². The zero-order valence-corrected chi connectivity index (χ0v) is 23.8. The van der Waals surface area contributed by atoms with Crippen LogP contribution >= 0.6 is 12.2 Å². The van der Waals surface area contributed by atoms with Crippen LogP contribution in [0, 0.1) is 0 Å². The minimum absolute atomic E-state index is 0.0792. The van der Waals surface area contributed by atoms with Crippen molar-refractivity contribution >= 4 is 17.2 Å². The predicted octanol–water partition coefficient (Wildman–Crippen LogP) is 8.57. The van der Waals surface area contributed by atoms with Crippen LogP contribution in [0.4, 0.5) is 0 Å². The number of hydrogen-bond donors (Lipinski definition) is 2. The molecule has 0 saturated carbocycles. The summed E-state index contributed by atoms with van der Waals surface area (Å²) in [5.74, 6) is 0. The second kappa shape index (κ2) is 24.5. The van der Waals surface area contributed by atoms with Crippen LogP contribution in [0.2, 0.25) is 0 Å². The van der Waals surface area contributed by atoms with Gasteiger partial charge in [-0.3, -0.25) is 0 Å². The minimum atomic E-state index is -0.0792. The fourth-order valence-corrected chi connectivity index (χ4v) is 5.37. The Morgan fingerprint density at radius 2 is 1.06 bits per heavy atom. The van der Waals surface area contributed by atoms with E-state index in [1.807, 2.05) is 0 Å². The fraction of sp³-hybridized carbons (Fsp3) is 0.967. The van der Waals surface area contributed by atoms with E-state index in [0.29, 0.717) is 0 Å². The number of hydrogen-bond acceptors (Lipinski definition) is 3. The van der Waals surface area contributed by atoms with Gasteiger partial charge in [0.25, 0.3) is 0 Å². The van der Waals surface area contributed by atoms with Crippen molar-refractivity contribution in [2.45, 2.75) is 161 Å². The van der Waals surface area contributed by atoms with E-state index in [9.17, 15) is 5.11 Å². The molecule has 1 aliphatic heterocycles. The van der Waals surface area contributed by atoms with Crippen LogP contribution in [0.1, 0.15) is 155 Å². The molecule has 0 spiro atoms. The molecular weight excluding hydrogens is 436 g/mol. The third-order valence-corrected chi connectivity index (χ3v) is 7.91. The van der Waals surface area contributed by atoms with Gasteiger partial charge in [0, 0.05) is 26.2 Å². The van der Waals surface area contributed by atoms with Crippen LogP contribution in [-0.2, 0) is 0 Å². The SMILES string of the molecule is CCCCCCCCCCCCCCCCCCCCCCC(=S)NCCN1CCC(O)CC1. The van der Waals surface area contributed by atoms with Crippen LogP contribution in [0.3, 0.4) is 0 Å². The number of aliphatic hydroxyl groups excluding tert-OH is 1. The maximum absolute atomic E-state index is 9.57. The normalized spacial score (nSPS) is 15.1. The molecule has 0 atom stereocenters. The first-order valence-electron chi connectivity index (χ1n) is 15.4. The number of unbranched alkanes of at least 4 members (excludes halogenated alkanes) is 19. The third kappa shape index (κ3) is 21.1. The summed E-state index contributed by atoms with van der Waals surface area (Å²) in [7, 11) is 0. The van der Waals surface area contributed by atoms with Gasteiger partial charge in [-0.05, 0) is 25.7 Å². The highest BCUT2D eigenvalue weighted by Crippen LogP contribution is 2.15. The van der Waals surface area contributed by atoms with Gasteiger partial charge in [-0.25, -0.2) is 0 Å². The molecule has 1 saturated heterocycles. The molecule has 0 aromatic rings. The highest BCUT2D eigenvalue weighted by Gasteiger charge is 2.16. The Kier molecular flexibility index (Phi) is 22.9. The number of nitrogens with one attached hydrogen (secondary N) is 1. The number of aliphatic hydroxyl groups is 1. The Hall–Kier alpha value is -0.190. The lowest BCUT2D eigenvalue weighted by atomic mass is 10.0. The van der Waals surface area contributed by atoms with E-state index >= 15 is 0 Å². The molecular formula is C30H60N2OS. The van der Waals surface area contributed by atoms with Crippen LogP contribution in [0.25, 0.3) is 0 Å². The Balaban J connectivity index is 1.70. The van der Waals surface area contributed by atoms with E-state index in [1.165, 1.54) is 128 Å². The lowest BCUT2D eigenvalue weighted by Gasteiger charge is -2.29. The van der Waals surface area contributed by atoms with E-state index in [-0.39, 0.29) is 6.10 Å². The standard InChI is InChI=1S/C30H60N2OS/c1-2-3-4-5-6-7-8-9-10-11-12-13-14-15-16-17-18-19-20-21-22-30(34)31-25-28-32-26-23-29(33)24-27-32/h29,33H,2-28H2,1H3,(H,31,34). The summed E-state index contributed by atoms with van der Waals surface area (Å²) in [5.41, 5.74) is 0. The first-order valence-corrected chi connectivity index (χ1v) is 15.8. The van der Waals surface area contributed by atoms with Gasteiger partial charge in [-0.15, -0.1) is 0 Å². The largest absolute Gasteiger partial charge is 0.393 e. The summed E-state index contributed by atoms with van der Waals surface area (Å²) >= 11 is 5.49. The van der Waals surface area contributed by atoms with Gasteiger partial charge in [-0.1, -0.05) is 141 Å². The van der Waals surface area contributed by atoms with Crippen molar-refractivity contribution in [3.05, 3.63) is 0 Å². The molecule has 3 nitrogen and oxygen atoms in total. The maximum Gasteiger partial charge on any atom is 0.0753 e. The maximum atomic E-state index is 9.57. The monoisotopic (exact) mass is 496 g/mol. The van der Waals surface area contributed by atoms with Gasteiger partial charge in [0.2, 0.25) is 0 Å². The van der Waals surface area contributed by atoms with Crippen LogP contribution in [0.5, 0.6) is 0 Å². The topological polar surface area (TPSA) is 35.5 Å². The van der Waals surface area contributed by atoms with E-state index in [4.69, 9.17) is 12.2 Å². The zero-order valence-electron chi connectivity index (χ0n) is 23.0. The van der Waals surface area contributed by atoms with Gasteiger partial charge in [0.1, 0.15) is 0 Å². The fourth-order valence-electron chi connectivity index (χ4n) is 5.13. The average Bonchev–Trinajstić information content (AvgIpc) is 2.84. The second-order valence-corrected chi connectivity index (χ2v) is 11.4. The summed E-state index contributed by atoms with van der Waals surface area (Å²) < 4.78 is 0. The molecule has 0 aliphatic carbocycles. The van der Waals surface area contributed by atoms with E-state index < -0.39 is 0 Å². The Morgan fingerprint density at radius 1 is 0.676 bits per heavy atom. The molecule has 0 aromatic heterocycles. The van der Waals surface area contributed by atoms with E-state index in [1.54, 1.807) is 0 Å². The molecule has 4 heteroatoms. The van der Waals surface area contributed by atoms with Crippen molar-refractivity contribution in [1.29, 1.82) is 0 Å². The van der Waals surface area contributed by atoms with Crippen molar-refractivity contribution in [1.82, 2.24) is 10.2 Å². The number of nitrogens with zero attached hydrogens (tertiary/aromatic N) is 1. The predicted molar refractivity (Wildman–Crippen MR) is 155 cm³/mol. The smallest absolute Gasteiger partial charge is 0.0753 e. The molecule has 202 valence electrons. The van der Waals surface area contributed by atoms with Crippen LogP contribution in [0.15, 0.2) is 0 Å². The van der Waals surface area contributed by atoms with Crippen molar-refractivity contribution < 1.29 is 5.11 Å². The zero-order chi connectivity index (χ0) is 24.5. The highest BCUT2D eigenvalue weighted by atomic mass is 32.1. The lowest BCUT2D eigenvalue weighted by Crippen LogP contribution is -2.40. The molecule has 0 aromatic carbocycles. The highest BCUT2D eigenvalue weighted by molar-refractivity contribution is 7.80. The van der Waals surface area contributed by atoms with Gasteiger partial charge in [-0.2, -0.15) is 0 Å². The van der Waals surface area contributed by atoms with Crippen LogP contribution in [-0.4, -0.2) is 47.3 Å². The van der Waals surface area contributed by atoms with E-state index in [0.717, 1.165) is 50.4 Å². The molecule has 1 fully saturated rings. The Labute approximate surface area is 219 Å². The molecule has 0 radical (unpaired) electrons. The molecule has 1 rings (SSSR count).